The van der Waals surface area contributed by atoms with Gasteiger partial charge in [-0.05, 0) is 49.9 Å². The predicted octanol–water partition coefficient (Wildman–Crippen LogP) is 3.45. The van der Waals surface area contributed by atoms with Gasteiger partial charge >= 0.3 is 0 Å². The third kappa shape index (κ3) is 3.98. The average Bonchev–Trinajstić information content (AvgIpc) is 3.28. The van der Waals surface area contributed by atoms with Crippen molar-refractivity contribution < 1.29 is 4.79 Å². The maximum Gasteiger partial charge on any atom is 0.225 e. The molecule has 1 aromatic carbocycles. The number of piperidine rings is 2. The standard InChI is InChI=1S/C24H26N6O/c25-14-17-7-8-22(26-15-17)29-12-9-18(10-13-29)24(31)30-11-3-4-19(16-30)23-27-20-5-1-2-6-21(20)28-23/h1-2,5-8,15,18-19H,3-4,9-13,16H2,(H,27,28)/t19-/m1/s1. The molecule has 0 bridgehead atoms. The topological polar surface area (TPSA) is 88.9 Å². The first-order valence-corrected chi connectivity index (χ1v) is 11.1. The number of aromatic nitrogens is 3. The van der Waals surface area contributed by atoms with E-state index in [4.69, 9.17) is 10.2 Å². The summed E-state index contributed by atoms with van der Waals surface area (Å²) in [7, 11) is 0. The zero-order valence-corrected chi connectivity index (χ0v) is 17.5. The molecule has 0 aliphatic carbocycles. The first kappa shape index (κ1) is 19.6. The van der Waals surface area contributed by atoms with Gasteiger partial charge in [-0.25, -0.2) is 9.97 Å². The van der Waals surface area contributed by atoms with Crippen molar-refractivity contribution in [1.29, 1.82) is 5.26 Å². The minimum atomic E-state index is 0.0732. The van der Waals surface area contributed by atoms with Crippen LogP contribution in [-0.4, -0.2) is 51.9 Å². The van der Waals surface area contributed by atoms with Gasteiger partial charge in [0.1, 0.15) is 17.7 Å². The van der Waals surface area contributed by atoms with Gasteiger partial charge < -0.3 is 14.8 Å². The number of hydrogen-bond acceptors (Lipinski definition) is 5. The molecule has 4 heterocycles. The molecule has 0 spiro atoms. The lowest BCUT2D eigenvalue weighted by Gasteiger charge is -2.37. The van der Waals surface area contributed by atoms with Crippen LogP contribution in [0.25, 0.3) is 11.0 Å². The molecule has 1 amide bonds. The van der Waals surface area contributed by atoms with E-state index >= 15 is 0 Å². The number of hydrogen-bond donors (Lipinski definition) is 1. The van der Waals surface area contributed by atoms with Crippen LogP contribution in [-0.2, 0) is 4.79 Å². The van der Waals surface area contributed by atoms with Crippen molar-refractivity contribution in [2.75, 3.05) is 31.1 Å². The van der Waals surface area contributed by atoms with Crippen molar-refractivity contribution in [3.05, 3.63) is 54.0 Å². The van der Waals surface area contributed by atoms with Crippen LogP contribution in [0.15, 0.2) is 42.6 Å². The maximum absolute atomic E-state index is 13.3. The second-order valence-electron chi connectivity index (χ2n) is 8.54. The Hall–Kier alpha value is -3.40. The lowest BCUT2D eigenvalue weighted by molar-refractivity contribution is -0.137. The van der Waals surface area contributed by atoms with E-state index in [0.29, 0.717) is 5.56 Å². The van der Waals surface area contributed by atoms with Crippen LogP contribution in [0.5, 0.6) is 0 Å². The van der Waals surface area contributed by atoms with Gasteiger partial charge in [0.2, 0.25) is 5.91 Å². The summed E-state index contributed by atoms with van der Waals surface area (Å²) in [6.07, 6.45) is 5.37. The van der Waals surface area contributed by atoms with Crippen molar-refractivity contribution in [1.82, 2.24) is 19.9 Å². The Morgan fingerprint density at radius 2 is 1.94 bits per heavy atom. The van der Waals surface area contributed by atoms with Crippen molar-refractivity contribution in [2.45, 2.75) is 31.6 Å². The Balaban J connectivity index is 1.20. The predicted molar refractivity (Wildman–Crippen MR) is 119 cm³/mol. The zero-order valence-electron chi connectivity index (χ0n) is 17.5. The van der Waals surface area contributed by atoms with E-state index in [-0.39, 0.29) is 17.7 Å². The third-order valence-corrected chi connectivity index (χ3v) is 6.57. The van der Waals surface area contributed by atoms with E-state index in [9.17, 15) is 4.79 Å². The average molecular weight is 415 g/mol. The van der Waals surface area contributed by atoms with E-state index in [1.54, 1.807) is 12.3 Å². The number of amides is 1. The molecule has 0 radical (unpaired) electrons. The number of nitrogens with one attached hydrogen (secondary N) is 1. The molecule has 158 valence electrons. The number of nitriles is 1. The maximum atomic E-state index is 13.3. The highest BCUT2D eigenvalue weighted by molar-refractivity contribution is 5.79. The normalized spacial score (nSPS) is 20.0. The lowest BCUT2D eigenvalue weighted by Crippen LogP contribution is -2.46. The number of rotatable bonds is 3. The molecular formula is C24H26N6O. The summed E-state index contributed by atoms with van der Waals surface area (Å²) in [5.74, 6) is 2.51. The Labute approximate surface area is 181 Å². The fourth-order valence-corrected chi connectivity index (χ4v) is 4.82. The summed E-state index contributed by atoms with van der Waals surface area (Å²) in [4.78, 5) is 30.1. The Morgan fingerprint density at radius 3 is 2.68 bits per heavy atom. The number of imidazole rings is 1. The second kappa shape index (κ2) is 8.38. The Morgan fingerprint density at radius 1 is 1.10 bits per heavy atom. The van der Waals surface area contributed by atoms with Crippen LogP contribution in [0.4, 0.5) is 5.82 Å². The number of nitrogens with zero attached hydrogens (tertiary/aromatic N) is 5. The van der Waals surface area contributed by atoms with Crippen LogP contribution >= 0.6 is 0 Å². The zero-order chi connectivity index (χ0) is 21.2. The number of para-hydroxylation sites is 2. The van der Waals surface area contributed by atoms with E-state index in [2.05, 4.69) is 25.8 Å². The molecule has 2 aliphatic rings. The molecule has 1 N–H and O–H groups in total. The highest BCUT2D eigenvalue weighted by atomic mass is 16.2. The van der Waals surface area contributed by atoms with Gasteiger partial charge in [0, 0.05) is 44.2 Å². The molecule has 31 heavy (non-hydrogen) atoms. The largest absolute Gasteiger partial charge is 0.357 e. The summed E-state index contributed by atoms with van der Waals surface area (Å²) in [5, 5.41) is 8.94. The van der Waals surface area contributed by atoms with Gasteiger partial charge in [0.05, 0.1) is 16.6 Å². The number of carbonyl (C=O) groups is 1. The SMILES string of the molecule is N#Cc1ccc(N2CCC(C(=O)N3CCC[C@@H](c4nc5ccccc5[nH]4)C3)CC2)nc1. The van der Waals surface area contributed by atoms with Gasteiger partial charge in [0.15, 0.2) is 0 Å². The molecule has 2 aromatic heterocycles. The molecule has 7 nitrogen and oxygen atoms in total. The number of pyridine rings is 1. The van der Waals surface area contributed by atoms with E-state index in [0.717, 1.165) is 74.5 Å². The van der Waals surface area contributed by atoms with Gasteiger partial charge in [-0.15, -0.1) is 0 Å². The molecule has 0 saturated carbocycles. The lowest BCUT2D eigenvalue weighted by atomic mass is 9.92. The molecule has 2 fully saturated rings. The number of carbonyl (C=O) groups excluding carboxylic acids is 1. The van der Waals surface area contributed by atoms with Gasteiger partial charge in [-0.2, -0.15) is 5.26 Å². The van der Waals surface area contributed by atoms with Crippen LogP contribution < -0.4 is 4.90 Å². The number of H-pyrrole nitrogens is 1. The highest BCUT2D eigenvalue weighted by Crippen LogP contribution is 2.30. The van der Waals surface area contributed by atoms with Crippen LogP contribution in [0.1, 0.15) is 43.0 Å². The van der Waals surface area contributed by atoms with Crippen molar-refractivity contribution in [3.8, 4) is 6.07 Å². The summed E-state index contributed by atoms with van der Waals surface area (Å²) < 4.78 is 0. The minimum absolute atomic E-state index is 0.0732. The van der Waals surface area contributed by atoms with E-state index in [1.807, 2.05) is 30.3 Å². The van der Waals surface area contributed by atoms with Crippen molar-refractivity contribution in [3.63, 3.8) is 0 Å². The Kier molecular flexibility index (Phi) is 5.29. The number of anilines is 1. The fourth-order valence-electron chi connectivity index (χ4n) is 4.82. The van der Waals surface area contributed by atoms with Gasteiger partial charge in [0.25, 0.3) is 0 Å². The summed E-state index contributed by atoms with van der Waals surface area (Å²) in [5.41, 5.74) is 2.62. The smallest absolute Gasteiger partial charge is 0.225 e. The molecule has 3 aromatic rings. The third-order valence-electron chi connectivity index (χ3n) is 6.57. The minimum Gasteiger partial charge on any atom is -0.357 e. The fraction of sp³-hybridized carbons (Fsp3) is 0.417. The first-order valence-electron chi connectivity index (χ1n) is 11.1. The molecule has 0 unspecified atom stereocenters. The van der Waals surface area contributed by atoms with Gasteiger partial charge in [-0.3, -0.25) is 4.79 Å². The molecule has 7 heteroatoms. The molecule has 2 aliphatic heterocycles. The van der Waals surface area contributed by atoms with E-state index in [1.165, 1.54) is 0 Å². The van der Waals surface area contributed by atoms with Crippen LogP contribution in [0.2, 0.25) is 0 Å². The molecule has 1 atom stereocenters. The summed E-state index contributed by atoms with van der Waals surface area (Å²) >= 11 is 0. The summed E-state index contributed by atoms with van der Waals surface area (Å²) in [6.45, 7) is 3.22. The first-order chi connectivity index (χ1) is 15.2. The number of benzene rings is 1. The second-order valence-corrected chi connectivity index (χ2v) is 8.54. The summed E-state index contributed by atoms with van der Waals surface area (Å²) in [6, 6.07) is 13.9. The molecule has 2 saturated heterocycles. The van der Waals surface area contributed by atoms with Gasteiger partial charge in [-0.1, -0.05) is 12.1 Å². The molecule has 5 rings (SSSR count). The van der Waals surface area contributed by atoms with Crippen molar-refractivity contribution in [2.24, 2.45) is 5.92 Å². The van der Waals surface area contributed by atoms with E-state index < -0.39 is 0 Å². The monoisotopic (exact) mass is 414 g/mol. The highest BCUT2D eigenvalue weighted by Gasteiger charge is 2.32. The van der Waals surface area contributed by atoms with Crippen LogP contribution in [0.3, 0.4) is 0 Å². The molecular weight excluding hydrogens is 388 g/mol. The number of likely N-dealkylation sites (tertiary alicyclic amines) is 1. The number of aromatic amines is 1. The Bertz CT molecular complexity index is 1070. The van der Waals surface area contributed by atoms with Crippen LogP contribution in [0, 0.1) is 17.2 Å². The quantitative estimate of drug-likeness (QED) is 0.709. The number of fused-ring (bicyclic) bond motifs is 1. The van der Waals surface area contributed by atoms with Crippen molar-refractivity contribution >= 4 is 22.8 Å².